The number of hydrogen-bond acceptors (Lipinski definition) is 4. The average molecular weight is 304 g/mol. The Morgan fingerprint density at radius 2 is 2.00 bits per heavy atom. The summed E-state index contributed by atoms with van der Waals surface area (Å²) in [4.78, 5) is 0. The molecule has 1 unspecified atom stereocenters. The van der Waals surface area contributed by atoms with E-state index in [-0.39, 0.29) is 5.17 Å². The zero-order valence-electron chi connectivity index (χ0n) is 11.2. The first kappa shape index (κ1) is 16.2. The van der Waals surface area contributed by atoms with Crippen molar-refractivity contribution >= 4 is 29.7 Å². The highest BCUT2D eigenvalue weighted by Gasteiger charge is 2.29. The van der Waals surface area contributed by atoms with Gasteiger partial charge in [0.15, 0.2) is 0 Å². The number of nitrogens with zero attached hydrogens (tertiary/aromatic N) is 1. The Hall–Kier alpha value is -0.830. The second-order valence-corrected chi connectivity index (χ2v) is 6.52. The minimum Gasteiger partial charge on any atom is -0.309 e. The fourth-order valence-corrected chi connectivity index (χ4v) is 2.91. The first-order chi connectivity index (χ1) is 9.08. The zero-order chi connectivity index (χ0) is 14.1. The van der Waals surface area contributed by atoms with E-state index in [1.807, 2.05) is 6.07 Å². The van der Waals surface area contributed by atoms with Crippen LogP contribution >= 0.6 is 19.2 Å². The monoisotopic (exact) mass is 303 g/mol. The summed E-state index contributed by atoms with van der Waals surface area (Å²) in [7, 11) is -3.44. The quantitative estimate of drug-likeness (QED) is 0.311. The van der Waals surface area contributed by atoms with Gasteiger partial charge in [-0.2, -0.15) is 0 Å². The molecule has 1 aromatic rings. The topological polar surface area (TPSA) is 47.9 Å². The highest BCUT2D eigenvalue weighted by molar-refractivity contribution is 7.62. The summed E-state index contributed by atoms with van der Waals surface area (Å²) in [5.74, 6) is 0. The van der Waals surface area contributed by atoms with E-state index in [4.69, 9.17) is 20.7 Å². The highest BCUT2D eigenvalue weighted by Crippen LogP contribution is 2.47. The van der Waals surface area contributed by atoms with E-state index in [2.05, 4.69) is 12.1 Å². The van der Waals surface area contributed by atoms with Gasteiger partial charge < -0.3 is 4.62 Å². The Kier molecular flexibility index (Phi) is 7.14. The van der Waals surface area contributed by atoms with Crippen molar-refractivity contribution in [2.45, 2.75) is 33.1 Å². The lowest BCUT2D eigenvalue weighted by Gasteiger charge is -2.15. The summed E-state index contributed by atoms with van der Waals surface area (Å²) in [5.41, 5.74) is 0. The molecule has 0 heterocycles. The molecule has 6 heteroatoms. The molecule has 1 atom stereocenters. The standard InChI is InChI=1S/C13H19ClNO3P/c1-3-4-8-11-17-19(16,18-15-12(2)14)13-9-6-5-7-10-13/h5-7,9-10H,3-4,8,11H2,1-2H3/b15-12-. The maximum absolute atomic E-state index is 12.7. The molecule has 0 N–H and O–H groups in total. The average Bonchev–Trinajstić information content (AvgIpc) is 2.42. The van der Waals surface area contributed by atoms with Crippen LogP contribution in [0.2, 0.25) is 0 Å². The van der Waals surface area contributed by atoms with Crippen molar-refractivity contribution in [3.8, 4) is 0 Å². The highest BCUT2D eigenvalue weighted by atomic mass is 35.5. The van der Waals surface area contributed by atoms with Gasteiger partial charge in [0.05, 0.1) is 11.9 Å². The Balaban J connectivity index is 2.79. The van der Waals surface area contributed by atoms with Gasteiger partial charge in [0, 0.05) is 0 Å². The van der Waals surface area contributed by atoms with Crippen molar-refractivity contribution in [2.75, 3.05) is 6.61 Å². The molecule has 0 spiro atoms. The zero-order valence-corrected chi connectivity index (χ0v) is 12.9. The maximum Gasteiger partial charge on any atom is 0.430 e. The molecule has 0 aliphatic heterocycles. The van der Waals surface area contributed by atoms with Gasteiger partial charge in [0.2, 0.25) is 0 Å². The molecule has 1 rings (SSSR count). The molecule has 0 fully saturated rings. The van der Waals surface area contributed by atoms with Crippen LogP contribution in [0.1, 0.15) is 33.1 Å². The van der Waals surface area contributed by atoms with Gasteiger partial charge in [-0.15, -0.1) is 0 Å². The van der Waals surface area contributed by atoms with Gasteiger partial charge in [-0.05, 0) is 25.5 Å². The van der Waals surface area contributed by atoms with Crippen molar-refractivity contribution in [1.29, 1.82) is 0 Å². The number of unbranched alkanes of at least 4 members (excludes halogenated alkanes) is 2. The van der Waals surface area contributed by atoms with Crippen LogP contribution in [0.4, 0.5) is 0 Å². The predicted octanol–water partition coefficient (Wildman–Crippen LogP) is 4.30. The molecule has 19 heavy (non-hydrogen) atoms. The Morgan fingerprint density at radius 1 is 1.32 bits per heavy atom. The molecule has 106 valence electrons. The van der Waals surface area contributed by atoms with Gasteiger partial charge in [0.25, 0.3) is 0 Å². The fraction of sp³-hybridized carbons (Fsp3) is 0.462. The van der Waals surface area contributed by atoms with Crippen LogP contribution in [0.3, 0.4) is 0 Å². The van der Waals surface area contributed by atoms with E-state index in [0.717, 1.165) is 19.3 Å². The molecule has 0 saturated heterocycles. The van der Waals surface area contributed by atoms with E-state index in [1.54, 1.807) is 31.2 Å². The Labute approximate surface area is 119 Å². The molecule has 4 nitrogen and oxygen atoms in total. The summed E-state index contributed by atoms with van der Waals surface area (Å²) >= 11 is 5.60. The van der Waals surface area contributed by atoms with Crippen LogP contribution in [0, 0.1) is 0 Å². The maximum atomic E-state index is 12.7. The summed E-state index contributed by atoms with van der Waals surface area (Å²) in [6.45, 7) is 4.01. The smallest absolute Gasteiger partial charge is 0.309 e. The van der Waals surface area contributed by atoms with E-state index in [1.165, 1.54) is 0 Å². The second kappa shape index (κ2) is 8.36. The number of halogens is 1. The van der Waals surface area contributed by atoms with Crippen LogP contribution < -0.4 is 5.30 Å². The second-order valence-electron chi connectivity index (χ2n) is 4.04. The third-order valence-electron chi connectivity index (χ3n) is 2.36. The lowest BCUT2D eigenvalue weighted by Crippen LogP contribution is -2.09. The van der Waals surface area contributed by atoms with E-state index in [0.29, 0.717) is 11.9 Å². The van der Waals surface area contributed by atoms with Crippen LogP contribution in [0.25, 0.3) is 0 Å². The van der Waals surface area contributed by atoms with Crippen LogP contribution in [-0.2, 0) is 13.7 Å². The lowest BCUT2D eigenvalue weighted by molar-refractivity contribution is 0.217. The SMILES string of the molecule is CCCCCOP(=O)(O/N=C(/C)Cl)c1ccccc1. The van der Waals surface area contributed by atoms with Crippen molar-refractivity contribution in [2.24, 2.45) is 5.16 Å². The normalized spacial score (nSPS) is 15.0. The van der Waals surface area contributed by atoms with Gasteiger partial charge in [-0.3, -0.25) is 4.52 Å². The molecule has 0 bridgehead atoms. The molecular formula is C13H19ClNO3P. The fourth-order valence-electron chi connectivity index (χ4n) is 1.40. The summed E-state index contributed by atoms with van der Waals surface area (Å²) in [6.07, 6.45) is 2.92. The Morgan fingerprint density at radius 3 is 2.58 bits per heavy atom. The van der Waals surface area contributed by atoms with Crippen molar-refractivity contribution in [3.05, 3.63) is 30.3 Å². The molecular weight excluding hydrogens is 285 g/mol. The van der Waals surface area contributed by atoms with Crippen molar-refractivity contribution < 1.29 is 13.7 Å². The largest absolute Gasteiger partial charge is 0.430 e. The van der Waals surface area contributed by atoms with Crippen LogP contribution in [0.15, 0.2) is 35.5 Å². The van der Waals surface area contributed by atoms with Gasteiger partial charge >= 0.3 is 7.60 Å². The van der Waals surface area contributed by atoms with E-state index < -0.39 is 7.60 Å². The van der Waals surface area contributed by atoms with Gasteiger partial charge in [0.1, 0.15) is 5.17 Å². The molecule has 0 aromatic heterocycles. The first-order valence-corrected chi connectivity index (χ1v) is 8.19. The van der Waals surface area contributed by atoms with Crippen LogP contribution in [0.5, 0.6) is 0 Å². The third-order valence-corrected chi connectivity index (χ3v) is 4.17. The van der Waals surface area contributed by atoms with E-state index in [9.17, 15) is 4.57 Å². The number of hydrogen-bond donors (Lipinski definition) is 0. The van der Waals surface area contributed by atoms with Gasteiger partial charge in [-0.25, -0.2) is 4.57 Å². The minimum atomic E-state index is -3.44. The third kappa shape index (κ3) is 5.77. The molecule has 0 aliphatic carbocycles. The van der Waals surface area contributed by atoms with E-state index >= 15 is 0 Å². The number of rotatable bonds is 8. The first-order valence-electron chi connectivity index (χ1n) is 6.27. The van der Waals surface area contributed by atoms with Crippen molar-refractivity contribution in [1.82, 2.24) is 0 Å². The minimum absolute atomic E-state index is 0.174. The van der Waals surface area contributed by atoms with Gasteiger partial charge in [-0.1, -0.05) is 54.7 Å². The number of oxime groups is 1. The Bertz CT molecular complexity index is 446. The summed E-state index contributed by atoms with van der Waals surface area (Å²) in [6, 6.07) is 8.77. The number of benzene rings is 1. The van der Waals surface area contributed by atoms with Crippen LogP contribution in [-0.4, -0.2) is 11.8 Å². The molecule has 0 aliphatic rings. The lowest BCUT2D eigenvalue weighted by atomic mass is 10.3. The summed E-state index contributed by atoms with van der Waals surface area (Å²) < 4.78 is 23.2. The molecule has 0 saturated carbocycles. The predicted molar refractivity (Wildman–Crippen MR) is 79.2 cm³/mol. The molecule has 1 aromatic carbocycles. The summed E-state index contributed by atoms with van der Waals surface area (Å²) in [5, 5.41) is 4.22. The molecule has 0 radical (unpaired) electrons. The van der Waals surface area contributed by atoms with Crippen molar-refractivity contribution in [3.63, 3.8) is 0 Å². The molecule has 0 amide bonds.